The van der Waals surface area contributed by atoms with Crippen molar-refractivity contribution in [2.24, 2.45) is 0 Å². The lowest BCUT2D eigenvalue weighted by Gasteiger charge is -2.18. The van der Waals surface area contributed by atoms with E-state index in [0.29, 0.717) is 0 Å². The predicted molar refractivity (Wildman–Crippen MR) is 87.7 cm³/mol. The van der Waals surface area contributed by atoms with Crippen molar-refractivity contribution < 1.29 is 45.2 Å². The van der Waals surface area contributed by atoms with Crippen molar-refractivity contribution in [3.8, 4) is 0 Å². The van der Waals surface area contributed by atoms with Crippen LogP contribution in [0, 0.1) is 7.14 Å². The third kappa shape index (κ3) is 5.52. The summed E-state index contributed by atoms with van der Waals surface area (Å²) in [5.74, 6) is 0. The summed E-state index contributed by atoms with van der Waals surface area (Å²) < 4.78 is 2.98. The number of hydrogen-bond donors (Lipinski definition) is 0. The van der Waals surface area contributed by atoms with E-state index in [-0.39, 0.29) is 56.0 Å². The summed E-state index contributed by atoms with van der Waals surface area (Å²) in [6, 6.07) is 18.4. The summed E-state index contributed by atoms with van der Waals surface area (Å²) in [4.78, 5) is 0. The maximum Gasteiger partial charge on any atom is 0.357 e. The summed E-state index contributed by atoms with van der Waals surface area (Å²) in [5.41, 5.74) is 3.31. The quantitative estimate of drug-likeness (QED) is 0.466. The highest BCUT2D eigenvalue weighted by molar-refractivity contribution is 5.23. The standard InChI is InChI=1S/C20H26I.HI/c1-19(2,3)15-7-11-17(12-8-15)21-18-13-9-16(10-14-18)20(4,5)6;/h7-14H,1-6H3;1H/q+1;/p-1. The fourth-order valence-electron chi connectivity index (χ4n) is 2.15. The average Bonchev–Trinajstić information content (AvgIpc) is 2.38. The molecule has 2 aromatic carbocycles. The molecule has 22 heavy (non-hydrogen) atoms. The van der Waals surface area contributed by atoms with Crippen molar-refractivity contribution in [3.05, 3.63) is 66.8 Å². The monoisotopic (exact) mass is 520 g/mol. The second-order valence-corrected chi connectivity index (χ2v) is 10.6. The Morgan fingerprint density at radius 2 is 0.818 bits per heavy atom. The Hall–Kier alpha value is -0.100. The summed E-state index contributed by atoms with van der Waals surface area (Å²) in [7, 11) is 0. The van der Waals surface area contributed by atoms with Crippen LogP contribution >= 0.6 is 0 Å². The van der Waals surface area contributed by atoms with E-state index in [4.69, 9.17) is 0 Å². The molecule has 0 atom stereocenters. The molecule has 0 heterocycles. The van der Waals surface area contributed by atoms with Gasteiger partial charge in [-0.3, -0.25) is 0 Å². The first-order valence-electron chi connectivity index (χ1n) is 7.52. The minimum Gasteiger partial charge on any atom is -1.00 e. The van der Waals surface area contributed by atoms with Crippen LogP contribution in [0.1, 0.15) is 52.7 Å². The minimum absolute atomic E-state index is 0. The van der Waals surface area contributed by atoms with Crippen LogP contribution in [0.3, 0.4) is 0 Å². The molecule has 0 amide bonds. The van der Waals surface area contributed by atoms with Gasteiger partial charge in [0.25, 0.3) is 0 Å². The Morgan fingerprint density at radius 1 is 0.545 bits per heavy atom. The van der Waals surface area contributed by atoms with Crippen molar-refractivity contribution in [1.82, 2.24) is 0 Å². The molecular formula is C20H26I2. The molecule has 0 nitrogen and oxygen atoms in total. The molecule has 2 aromatic rings. The van der Waals surface area contributed by atoms with Crippen LogP contribution in [0.5, 0.6) is 0 Å². The number of rotatable bonds is 2. The first-order valence-corrected chi connectivity index (χ1v) is 9.68. The van der Waals surface area contributed by atoms with Gasteiger partial charge in [0.05, 0.1) is 0 Å². The van der Waals surface area contributed by atoms with E-state index >= 15 is 0 Å². The van der Waals surface area contributed by atoms with Crippen molar-refractivity contribution in [3.63, 3.8) is 0 Å². The third-order valence-corrected chi connectivity index (χ3v) is 6.32. The van der Waals surface area contributed by atoms with Gasteiger partial charge in [-0.2, -0.15) is 0 Å². The molecule has 120 valence electrons. The van der Waals surface area contributed by atoms with Gasteiger partial charge in [-0.05, 0) is 46.2 Å². The molecule has 0 unspecified atom stereocenters. The Bertz CT molecular complexity index is 526. The molecule has 0 spiro atoms. The molecule has 0 aromatic heterocycles. The van der Waals surface area contributed by atoms with Gasteiger partial charge in [0.1, 0.15) is 0 Å². The first-order chi connectivity index (χ1) is 9.66. The summed E-state index contributed by atoms with van der Waals surface area (Å²) in [5, 5.41) is 0. The zero-order chi connectivity index (χ0) is 15.7. The van der Waals surface area contributed by atoms with E-state index in [0.717, 1.165) is 0 Å². The van der Waals surface area contributed by atoms with Gasteiger partial charge >= 0.3 is 21.2 Å². The van der Waals surface area contributed by atoms with Crippen molar-refractivity contribution in [2.45, 2.75) is 52.4 Å². The van der Waals surface area contributed by atoms with E-state index < -0.39 is 0 Å². The van der Waals surface area contributed by atoms with Gasteiger partial charge in [0.15, 0.2) is 7.14 Å². The smallest absolute Gasteiger partial charge is 0.357 e. The van der Waals surface area contributed by atoms with Crippen LogP contribution in [-0.4, -0.2) is 0 Å². The minimum atomic E-state index is -0.0703. The lowest BCUT2D eigenvalue weighted by atomic mass is 9.87. The number of hydrogen-bond acceptors (Lipinski definition) is 0. The van der Waals surface area contributed by atoms with Gasteiger partial charge in [-0.1, -0.05) is 65.8 Å². The van der Waals surface area contributed by atoms with Gasteiger partial charge < -0.3 is 24.0 Å². The highest BCUT2D eigenvalue weighted by Crippen LogP contribution is 2.21. The maximum absolute atomic E-state index is 2.31. The van der Waals surface area contributed by atoms with E-state index in [9.17, 15) is 0 Å². The Labute approximate surface area is 163 Å². The molecule has 0 saturated heterocycles. The lowest BCUT2D eigenvalue weighted by molar-refractivity contribution is -0.597. The van der Waals surface area contributed by atoms with Crippen molar-refractivity contribution in [2.75, 3.05) is 0 Å². The van der Waals surface area contributed by atoms with E-state index in [1.165, 1.54) is 18.3 Å². The molecular weight excluding hydrogens is 494 g/mol. The molecule has 0 radical (unpaired) electrons. The van der Waals surface area contributed by atoms with E-state index in [1.807, 2.05) is 0 Å². The van der Waals surface area contributed by atoms with Gasteiger partial charge in [-0.15, -0.1) is 0 Å². The zero-order valence-corrected chi connectivity index (χ0v) is 18.7. The molecule has 0 aliphatic heterocycles. The largest absolute Gasteiger partial charge is 1.00 e. The number of benzene rings is 2. The van der Waals surface area contributed by atoms with Crippen LogP contribution in [0.4, 0.5) is 0 Å². The molecule has 2 rings (SSSR count). The van der Waals surface area contributed by atoms with E-state index in [1.54, 1.807) is 0 Å². The zero-order valence-electron chi connectivity index (χ0n) is 14.4. The van der Waals surface area contributed by atoms with Crippen molar-refractivity contribution in [1.29, 1.82) is 0 Å². The summed E-state index contributed by atoms with van der Waals surface area (Å²) in [6.07, 6.45) is 0. The van der Waals surface area contributed by atoms with Gasteiger partial charge in [-0.25, -0.2) is 0 Å². The predicted octanol–water partition coefficient (Wildman–Crippen LogP) is -0.586. The average molecular weight is 520 g/mol. The van der Waals surface area contributed by atoms with Crippen LogP contribution in [0.15, 0.2) is 48.5 Å². The number of halogens is 2. The Kier molecular flexibility index (Phi) is 6.93. The molecule has 0 bridgehead atoms. The van der Waals surface area contributed by atoms with Crippen molar-refractivity contribution >= 4 is 0 Å². The summed E-state index contributed by atoms with van der Waals surface area (Å²) in [6.45, 7) is 13.6. The van der Waals surface area contributed by atoms with Gasteiger partial charge in [0.2, 0.25) is 0 Å². The summed E-state index contributed by atoms with van der Waals surface area (Å²) >= 11 is -0.0703. The third-order valence-electron chi connectivity index (χ3n) is 3.64. The van der Waals surface area contributed by atoms with Gasteiger partial charge in [0, 0.05) is 0 Å². The molecule has 0 aliphatic rings. The normalized spacial score (nSPS) is 11.9. The van der Waals surface area contributed by atoms with Crippen LogP contribution in [0.2, 0.25) is 0 Å². The molecule has 2 heteroatoms. The highest BCUT2D eigenvalue weighted by Gasteiger charge is 2.20. The Balaban J connectivity index is 0.00000242. The van der Waals surface area contributed by atoms with Crippen LogP contribution in [0.25, 0.3) is 0 Å². The Morgan fingerprint density at radius 3 is 1.05 bits per heavy atom. The molecule has 0 saturated carbocycles. The van der Waals surface area contributed by atoms with Crippen LogP contribution < -0.4 is 45.2 Å². The second-order valence-electron chi connectivity index (χ2n) is 7.61. The SMILES string of the molecule is CC(C)(C)c1ccc([I+]c2ccc(C(C)(C)C)cc2)cc1.[I-]. The highest BCUT2D eigenvalue weighted by atomic mass is 127. The topological polar surface area (TPSA) is 0 Å². The van der Waals surface area contributed by atoms with E-state index in [2.05, 4.69) is 90.1 Å². The fourth-order valence-corrected chi connectivity index (χ4v) is 4.31. The molecule has 0 aliphatic carbocycles. The molecule has 0 fully saturated rings. The maximum atomic E-state index is 2.31. The first kappa shape index (κ1) is 19.9. The fraction of sp³-hybridized carbons (Fsp3) is 0.400. The molecule has 0 N–H and O–H groups in total. The van der Waals surface area contributed by atoms with Crippen LogP contribution in [-0.2, 0) is 10.8 Å². The second kappa shape index (κ2) is 7.65. The lowest BCUT2D eigenvalue weighted by Crippen LogP contribution is -3.61.